The van der Waals surface area contributed by atoms with Gasteiger partial charge in [0.05, 0.1) is 5.69 Å². The average molecular weight is 326 g/mol. The van der Waals surface area contributed by atoms with Crippen LogP contribution in [0.1, 0.15) is 10.4 Å². The first-order chi connectivity index (χ1) is 9.83. The molecule has 0 aliphatic heterocycles. The Hall–Kier alpha value is -2.09. The topological polar surface area (TPSA) is 101 Å². The zero-order valence-electron chi connectivity index (χ0n) is 10.7. The largest absolute Gasteiger partial charge is 0.322 e. The van der Waals surface area contributed by atoms with Crippen molar-refractivity contribution in [1.29, 1.82) is 0 Å². The number of nitrogens with one attached hydrogen (secondary N) is 2. The molecule has 110 valence electrons. The molecular weight excluding hydrogens is 314 g/mol. The van der Waals surface area contributed by atoms with Crippen molar-refractivity contribution in [3.05, 3.63) is 59.1 Å². The van der Waals surface area contributed by atoms with E-state index in [2.05, 4.69) is 10.0 Å². The highest BCUT2D eigenvalue weighted by Gasteiger charge is 2.08. The zero-order chi connectivity index (χ0) is 15.5. The maximum Gasteiger partial charge on any atom is 0.296 e. The van der Waals surface area contributed by atoms with Gasteiger partial charge in [-0.1, -0.05) is 23.7 Å². The molecule has 6 nitrogen and oxygen atoms in total. The van der Waals surface area contributed by atoms with Crippen molar-refractivity contribution >= 4 is 39.1 Å². The van der Waals surface area contributed by atoms with Gasteiger partial charge in [-0.2, -0.15) is 8.42 Å². The number of benzene rings is 2. The first-order valence-corrected chi connectivity index (χ1v) is 7.73. The third-order valence-electron chi connectivity index (χ3n) is 2.47. The van der Waals surface area contributed by atoms with E-state index in [1.54, 1.807) is 30.3 Å². The lowest BCUT2D eigenvalue weighted by molar-refractivity contribution is 0.102. The molecule has 0 saturated carbocycles. The average Bonchev–Trinajstić information content (AvgIpc) is 2.37. The van der Waals surface area contributed by atoms with Crippen LogP contribution in [-0.4, -0.2) is 14.3 Å². The quantitative estimate of drug-likeness (QED) is 0.803. The smallest absolute Gasteiger partial charge is 0.296 e. The Morgan fingerprint density at radius 2 is 1.71 bits per heavy atom. The predicted molar refractivity (Wildman–Crippen MR) is 82.6 cm³/mol. The third kappa shape index (κ3) is 4.75. The monoisotopic (exact) mass is 325 g/mol. The van der Waals surface area contributed by atoms with E-state index >= 15 is 0 Å². The molecule has 1 amide bonds. The lowest BCUT2D eigenvalue weighted by Crippen LogP contribution is -2.21. The molecule has 2 aromatic rings. The van der Waals surface area contributed by atoms with E-state index in [0.29, 0.717) is 16.3 Å². The number of hydrogen-bond donors (Lipinski definition) is 3. The first-order valence-electron chi connectivity index (χ1n) is 5.81. The van der Waals surface area contributed by atoms with E-state index in [0.717, 1.165) is 0 Å². The summed E-state index contributed by atoms with van der Waals surface area (Å²) in [4.78, 5) is 12.0. The SMILES string of the molecule is NS(=O)(=O)Nc1cccc(NC(=O)c2cccc(Cl)c2)c1. The molecule has 0 heterocycles. The van der Waals surface area contributed by atoms with Crippen LogP contribution in [0.15, 0.2) is 48.5 Å². The van der Waals surface area contributed by atoms with Crippen LogP contribution >= 0.6 is 11.6 Å². The van der Waals surface area contributed by atoms with E-state index in [1.165, 1.54) is 18.2 Å². The van der Waals surface area contributed by atoms with Gasteiger partial charge in [0.15, 0.2) is 0 Å². The van der Waals surface area contributed by atoms with E-state index < -0.39 is 10.2 Å². The summed E-state index contributed by atoms with van der Waals surface area (Å²) in [6, 6.07) is 12.6. The number of nitrogens with two attached hydrogens (primary N) is 1. The van der Waals surface area contributed by atoms with Crippen molar-refractivity contribution < 1.29 is 13.2 Å². The number of anilines is 2. The van der Waals surface area contributed by atoms with Crippen molar-refractivity contribution in [2.75, 3.05) is 10.0 Å². The number of amides is 1. The van der Waals surface area contributed by atoms with E-state index in [-0.39, 0.29) is 11.6 Å². The van der Waals surface area contributed by atoms with Gasteiger partial charge in [-0.25, -0.2) is 5.14 Å². The molecule has 2 rings (SSSR count). The van der Waals surface area contributed by atoms with Crippen LogP contribution in [0.5, 0.6) is 0 Å². The minimum Gasteiger partial charge on any atom is -0.322 e. The minimum atomic E-state index is -3.86. The van der Waals surface area contributed by atoms with Crippen LogP contribution in [0.4, 0.5) is 11.4 Å². The molecule has 2 aromatic carbocycles. The van der Waals surface area contributed by atoms with Crippen LogP contribution in [0.3, 0.4) is 0 Å². The Morgan fingerprint density at radius 1 is 1.05 bits per heavy atom. The fourth-order valence-corrected chi connectivity index (χ4v) is 2.30. The van der Waals surface area contributed by atoms with Crippen molar-refractivity contribution in [1.82, 2.24) is 0 Å². The summed E-state index contributed by atoms with van der Waals surface area (Å²) in [5.74, 6) is -0.356. The number of halogens is 1. The number of rotatable bonds is 4. The van der Waals surface area contributed by atoms with Gasteiger partial charge in [0.2, 0.25) is 0 Å². The molecule has 8 heteroatoms. The molecule has 21 heavy (non-hydrogen) atoms. The van der Waals surface area contributed by atoms with Crippen LogP contribution in [0.25, 0.3) is 0 Å². The van der Waals surface area contributed by atoms with Crippen molar-refractivity contribution in [2.24, 2.45) is 5.14 Å². The molecule has 0 saturated heterocycles. The van der Waals surface area contributed by atoms with Gasteiger partial charge in [0.1, 0.15) is 0 Å². The summed E-state index contributed by atoms with van der Waals surface area (Å²) in [6.45, 7) is 0. The Bertz CT molecular complexity index is 778. The van der Waals surface area contributed by atoms with E-state index in [1.807, 2.05) is 0 Å². The lowest BCUT2D eigenvalue weighted by Gasteiger charge is -2.08. The molecule has 0 spiro atoms. The van der Waals surface area contributed by atoms with Crippen LogP contribution in [0.2, 0.25) is 5.02 Å². The van der Waals surface area contributed by atoms with Crippen molar-refractivity contribution in [3.8, 4) is 0 Å². The molecule has 4 N–H and O–H groups in total. The van der Waals surface area contributed by atoms with Gasteiger partial charge in [0.25, 0.3) is 16.1 Å². The number of hydrogen-bond acceptors (Lipinski definition) is 3. The highest BCUT2D eigenvalue weighted by Crippen LogP contribution is 2.17. The third-order valence-corrected chi connectivity index (χ3v) is 3.22. The molecule has 0 aromatic heterocycles. The Balaban J connectivity index is 2.16. The maximum atomic E-state index is 12.0. The highest BCUT2D eigenvalue weighted by atomic mass is 35.5. The Morgan fingerprint density at radius 3 is 2.38 bits per heavy atom. The Kier molecular flexibility index (Phi) is 4.46. The van der Waals surface area contributed by atoms with Gasteiger partial charge < -0.3 is 5.32 Å². The van der Waals surface area contributed by atoms with Crippen molar-refractivity contribution in [3.63, 3.8) is 0 Å². The summed E-state index contributed by atoms with van der Waals surface area (Å²) >= 11 is 5.82. The summed E-state index contributed by atoms with van der Waals surface area (Å²) < 4.78 is 24.0. The van der Waals surface area contributed by atoms with Gasteiger partial charge in [-0.05, 0) is 36.4 Å². The number of carbonyl (C=O) groups excluding carboxylic acids is 1. The molecule has 0 aliphatic carbocycles. The zero-order valence-corrected chi connectivity index (χ0v) is 12.3. The first kappa shape index (κ1) is 15.3. The predicted octanol–water partition coefficient (Wildman–Crippen LogP) is 2.21. The van der Waals surface area contributed by atoms with Gasteiger partial charge in [0, 0.05) is 16.3 Å². The molecule has 0 radical (unpaired) electrons. The molecule has 0 aliphatic rings. The summed E-state index contributed by atoms with van der Waals surface area (Å²) in [7, 11) is -3.86. The van der Waals surface area contributed by atoms with E-state index in [4.69, 9.17) is 16.7 Å². The highest BCUT2D eigenvalue weighted by molar-refractivity contribution is 7.90. The molecule has 0 bridgehead atoms. The lowest BCUT2D eigenvalue weighted by atomic mass is 10.2. The second kappa shape index (κ2) is 6.13. The Labute approximate surface area is 127 Å². The summed E-state index contributed by atoms with van der Waals surface area (Å²) in [5.41, 5.74) is 1.07. The fourth-order valence-electron chi connectivity index (χ4n) is 1.66. The normalized spacial score (nSPS) is 11.0. The van der Waals surface area contributed by atoms with Gasteiger partial charge >= 0.3 is 0 Å². The molecule has 0 fully saturated rings. The van der Waals surface area contributed by atoms with E-state index in [9.17, 15) is 13.2 Å². The molecule has 0 unspecified atom stereocenters. The molecular formula is C13H12ClN3O3S. The standard InChI is InChI=1S/C13H12ClN3O3S/c14-10-4-1-3-9(7-10)13(18)16-11-5-2-6-12(8-11)17-21(15,19)20/h1-8,17H,(H,16,18)(H2,15,19,20). The second-order valence-electron chi connectivity index (χ2n) is 4.19. The maximum absolute atomic E-state index is 12.0. The van der Waals surface area contributed by atoms with Gasteiger partial charge in [-0.15, -0.1) is 0 Å². The summed E-state index contributed by atoms with van der Waals surface area (Å²) in [6.07, 6.45) is 0. The van der Waals surface area contributed by atoms with Crippen LogP contribution in [0, 0.1) is 0 Å². The minimum absolute atomic E-state index is 0.251. The molecule has 0 atom stereocenters. The van der Waals surface area contributed by atoms with Crippen LogP contribution in [-0.2, 0) is 10.2 Å². The number of carbonyl (C=O) groups is 1. The van der Waals surface area contributed by atoms with Crippen LogP contribution < -0.4 is 15.2 Å². The van der Waals surface area contributed by atoms with Crippen molar-refractivity contribution in [2.45, 2.75) is 0 Å². The van der Waals surface area contributed by atoms with Gasteiger partial charge in [-0.3, -0.25) is 9.52 Å². The second-order valence-corrected chi connectivity index (χ2v) is 5.92. The summed E-state index contributed by atoms with van der Waals surface area (Å²) in [5, 5.41) is 7.98. The fraction of sp³-hybridized carbons (Fsp3) is 0.